The van der Waals surface area contributed by atoms with Gasteiger partial charge in [-0.3, -0.25) is 4.79 Å². The number of carbonyl (C=O) groups is 1. The molecule has 1 fully saturated rings. The second-order valence-electron chi connectivity index (χ2n) is 7.69. The Morgan fingerprint density at radius 2 is 1.55 bits per heavy atom. The maximum atomic E-state index is 13.3. The number of nitrogens with one attached hydrogen (secondary N) is 1. The van der Waals surface area contributed by atoms with Crippen molar-refractivity contribution in [3.8, 4) is 0 Å². The van der Waals surface area contributed by atoms with E-state index in [1.165, 1.54) is 35.7 Å². The van der Waals surface area contributed by atoms with Crippen molar-refractivity contribution in [3.63, 3.8) is 0 Å². The zero-order valence-corrected chi connectivity index (χ0v) is 19.9. The summed E-state index contributed by atoms with van der Waals surface area (Å²) in [5.41, 5.74) is 4.38. The van der Waals surface area contributed by atoms with Gasteiger partial charge in [-0.05, 0) is 55.5 Å². The van der Waals surface area contributed by atoms with Gasteiger partial charge < -0.3 is 0 Å². The Morgan fingerprint density at radius 1 is 0.935 bits per heavy atom. The van der Waals surface area contributed by atoms with E-state index in [-0.39, 0.29) is 18.0 Å². The molecule has 1 saturated carbocycles. The smallest absolute Gasteiger partial charge is 0.255 e. The lowest BCUT2D eigenvalue weighted by molar-refractivity contribution is -0.121. The van der Waals surface area contributed by atoms with Crippen molar-refractivity contribution in [2.24, 2.45) is 5.10 Å². The molecule has 0 radical (unpaired) electrons. The van der Waals surface area contributed by atoms with Gasteiger partial charge in [-0.15, -0.1) is 0 Å². The van der Waals surface area contributed by atoms with Crippen LogP contribution in [0, 0.1) is 0 Å². The van der Waals surface area contributed by atoms with Crippen molar-refractivity contribution in [1.82, 2.24) is 9.73 Å². The maximum absolute atomic E-state index is 13.3. The fraction of sp³-hybridized carbons (Fsp3) is 0.391. The Balaban J connectivity index is 1.75. The Bertz CT molecular complexity index is 982. The normalized spacial score (nSPS) is 15.2. The Morgan fingerprint density at radius 3 is 2.19 bits per heavy atom. The number of halogens is 1. The number of hydrazone groups is 1. The first-order chi connectivity index (χ1) is 14.9. The predicted octanol–water partition coefficient (Wildman–Crippen LogP) is 4.86. The third kappa shape index (κ3) is 7.26. The molecule has 0 atom stereocenters. The average molecular weight is 506 g/mol. The lowest BCUT2D eigenvalue weighted by Crippen LogP contribution is -2.39. The summed E-state index contributed by atoms with van der Waals surface area (Å²) >= 11 is 3.32. The van der Waals surface area contributed by atoms with Crippen molar-refractivity contribution in [3.05, 3.63) is 64.6 Å². The molecule has 31 heavy (non-hydrogen) atoms. The van der Waals surface area contributed by atoms with Gasteiger partial charge in [0, 0.05) is 16.7 Å². The van der Waals surface area contributed by atoms with Crippen LogP contribution in [0.5, 0.6) is 0 Å². The third-order valence-electron chi connectivity index (χ3n) is 5.24. The van der Waals surface area contributed by atoms with Gasteiger partial charge in [0.15, 0.2) is 0 Å². The highest BCUT2D eigenvalue weighted by molar-refractivity contribution is 9.10. The molecule has 1 amide bonds. The quantitative estimate of drug-likeness (QED) is 0.545. The summed E-state index contributed by atoms with van der Waals surface area (Å²) in [5.74, 6) is -0.439. The fourth-order valence-corrected chi connectivity index (χ4v) is 5.18. The minimum absolute atomic E-state index is 0.100. The van der Waals surface area contributed by atoms with Crippen LogP contribution in [-0.4, -0.2) is 30.9 Å². The van der Waals surface area contributed by atoms with E-state index in [1.54, 1.807) is 12.1 Å². The van der Waals surface area contributed by atoms with Crippen LogP contribution in [-0.2, 0) is 21.4 Å². The number of sulfonamides is 1. The first-order valence-corrected chi connectivity index (χ1v) is 12.8. The maximum Gasteiger partial charge on any atom is 0.255 e. The Labute approximate surface area is 192 Å². The Hall–Kier alpha value is -2.03. The minimum Gasteiger partial charge on any atom is -0.272 e. The minimum atomic E-state index is -3.86. The van der Waals surface area contributed by atoms with Gasteiger partial charge in [0.25, 0.3) is 5.91 Å². The van der Waals surface area contributed by atoms with Gasteiger partial charge in [0.05, 0.1) is 11.4 Å². The van der Waals surface area contributed by atoms with Crippen LogP contribution >= 0.6 is 15.9 Å². The topological polar surface area (TPSA) is 78.8 Å². The molecule has 6 nitrogen and oxygen atoms in total. The third-order valence-corrected chi connectivity index (χ3v) is 7.58. The zero-order valence-electron chi connectivity index (χ0n) is 17.5. The molecule has 0 spiro atoms. The molecule has 0 aromatic heterocycles. The Kier molecular flexibility index (Phi) is 8.80. The van der Waals surface area contributed by atoms with Gasteiger partial charge in [-0.25, -0.2) is 13.8 Å². The second-order valence-corrected chi connectivity index (χ2v) is 10.5. The summed E-state index contributed by atoms with van der Waals surface area (Å²) in [5, 5.41) is 4.30. The van der Waals surface area contributed by atoms with Crippen molar-refractivity contribution in [1.29, 1.82) is 0 Å². The van der Waals surface area contributed by atoms with E-state index in [9.17, 15) is 13.2 Å². The number of hydrogen-bond acceptors (Lipinski definition) is 4. The number of benzene rings is 2. The summed E-state index contributed by atoms with van der Waals surface area (Å²) in [6.07, 6.45) is 7.53. The van der Waals surface area contributed by atoms with E-state index in [4.69, 9.17) is 0 Å². The standard InChI is InChI=1S/C23H28BrN3O3S/c24-20-13-15-22(16-14-20)31(29,30)27(17-19-9-5-4-6-10-19)18-23(28)26-25-21-11-7-2-1-3-8-12-21/h4-6,9-10,13-16H,1-3,7-8,11-12,17-18H2,(H,26,28). The molecule has 0 unspecified atom stereocenters. The molecule has 0 bridgehead atoms. The van der Waals surface area contributed by atoms with E-state index in [2.05, 4.69) is 26.5 Å². The lowest BCUT2D eigenvalue weighted by atomic mass is 9.99. The molecule has 0 heterocycles. The average Bonchev–Trinajstić information content (AvgIpc) is 2.73. The first kappa shape index (κ1) is 23.6. The molecule has 2 aromatic carbocycles. The van der Waals surface area contributed by atoms with E-state index in [0.29, 0.717) is 0 Å². The van der Waals surface area contributed by atoms with Crippen molar-refractivity contribution in [2.75, 3.05) is 6.54 Å². The zero-order chi connectivity index (χ0) is 22.1. The van der Waals surface area contributed by atoms with Crippen molar-refractivity contribution in [2.45, 2.75) is 56.4 Å². The van der Waals surface area contributed by atoms with Crippen molar-refractivity contribution < 1.29 is 13.2 Å². The van der Waals surface area contributed by atoms with Crippen LogP contribution in [0.2, 0.25) is 0 Å². The van der Waals surface area contributed by atoms with Crippen LogP contribution in [0.1, 0.15) is 50.5 Å². The fourth-order valence-electron chi connectivity index (χ4n) is 3.53. The van der Waals surface area contributed by atoms with Gasteiger partial charge in [0.2, 0.25) is 10.0 Å². The molecule has 0 saturated heterocycles. The number of carbonyl (C=O) groups excluding carboxylic acids is 1. The SMILES string of the molecule is O=C(CN(Cc1ccccc1)S(=O)(=O)c1ccc(Br)cc1)NN=C1CCCCCCC1. The first-order valence-electron chi connectivity index (χ1n) is 10.6. The molecule has 3 rings (SSSR count). The highest BCUT2D eigenvalue weighted by Crippen LogP contribution is 2.21. The summed E-state index contributed by atoms with van der Waals surface area (Å²) in [4.78, 5) is 12.8. The van der Waals surface area contributed by atoms with Crippen LogP contribution in [0.3, 0.4) is 0 Å². The predicted molar refractivity (Wildman–Crippen MR) is 126 cm³/mol. The van der Waals surface area contributed by atoms with Crippen LogP contribution in [0.15, 0.2) is 69.1 Å². The molecular weight excluding hydrogens is 478 g/mol. The molecule has 1 aliphatic carbocycles. The van der Waals surface area contributed by atoms with E-state index in [0.717, 1.165) is 41.4 Å². The molecule has 0 aliphatic heterocycles. The monoisotopic (exact) mass is 505 g/mol. The second kappa shape index (κ2) is 11.5. The van der Waals surface area contributed by atoms with E-state index >= 15 is 0 Å². The van der Waals surface area contributed by atoms with Gasteiger partial charge in [0.1, 0.15) is 0 Å². The molecule has 1 N–H and O–H groups in total. The number of hydrogen-bond donors (Lipinski definition) is 1. The summed E-state index contributed by atoms with van der Waals surface area (Å²) < 4.78 is 28.5. The highest BCUT2D eigenvalue weighted by Gasteiger charge is 2.27. The summed E-state index contributed by atoms with van der Waals surface area (Å²) in [6, 6.07) is 15.7. The van der Waals surface area contributed by atoms with Crippen LogP contribution < -0.4 is 5.43 Å². The number of amides is 1. The molecule has 8 heteroatoms. The number of nitrogens with zero attached hydrogens (tertiary/aromatic N) is 2. The molecule has 1 aliphatic rings. The molecule has 166 valence electrons. The van der Waals surface area contributed by atoms with Crippen LogP contribution in [0.4, 0.5) is 0 Å². The van der Waals surface area contributed by atoms with Gasteiger partial charge >= 0.3 is 0 Å². The van der Waals surface area contributed by atoms with Crippen LogP contribution in [0.25, 0.3) is 0 Å². The molecule has 2 aromatic rings. The van der Waals surface area contributed by atoms with Gasteiger partial charge in [-0.1, -0.05) is 65.5 Å². The van der Waals surface area contributed by atoms with Gasteiger partial charge in [-0.2, -0.15) is 9.41 Å². The van der Waals surface area contributed by atoms with Crippen molar-refractivity contribution >= 4 is 37.6 Å². The largest absolute Gasteiger partial charge is 0.272 e. The highest BCUT2D eigenvalue weighted by atomic mass is 79.9. The van der Waals surface area contributed by atoms with E-state index < -0.39 is 15.9 Å². The lowest BCUT2D eigenvalue weighted by Gasteiger charge is -2.22. The van der Waals surface area contributed by atoms with E-state index in [1.807, 2.05) is 30.3 Å². The molecular formula is C23H28BrN3O3S. The summed E-state index contributed by atoms with van der Waals surface area (Å²) in [7, 11) is -3.86. The summed E-state index contributed by atoms with van der Waals surface area (Å²) in [6.45, 7) is -0.201. The number of rotatable bonds is 7.